The number of nitrogens with zero attached hydrogens (tertiary/aromatic N) is 2. The Morgan fingerprint density at radius 2 is 2.18 bits per heavy atom. The van der Waals surface area contributed by atoms with Crippen molar-refractivity contribution in [3.63, 3.8) is 0 Å². The molecule has 0 fully saturated rings. The Morgan fingerprint density at radius 1 is 1.59 bits per heavy atom. The maximum atomic E-state index is 12.1. The summed E-state index contributed by atoms with van der Waals surface area (Å²) < 4.78 is 1.64. The molecule has 3 N–H and O–H groups in total. The van der Waals surface area contributed by atoms with Gasteiger partial charge in [-0.15, -0.1) is 0 Å². The lowest BCUT2D eigenvalue weighted by atomic mass is 10.0. The monoisotopic (exact) mass is 238 g/mol. The van der Waals surface area contributed by atoms with E-state index >= 15 is 0 Å². The number of rotatable bonds is 4. The molecule has 96 valence electrons. The van der Waals surface area contributed by atoms with Crippen LogP contribution in [0.15, 0.2) is 6.20 Å². The van der Waals surface area contributed by atoms with Gasteiger partial charge in [-0.05, 0) is 34.1 Å². The Balaban J connectivity index is 2.99. The van der Waals surface area contributed by atoms with Gasteiger partial charge in [0.25, 0.3) is 0 Å². The summed E-state index contributed by atoms with van der Waals surface area (Å²) in [6.07, 6.45) is 2.49. The first-order chi connectivity index (χ1) is 7.78. The van der Waals surface area contributed by atoms with Crippen LogP contribution in [0.5, 0.6) is 0 Å². The molecule has 0 bridgehead atoms. The number of carbonyl (C=O) groups excluding carboxylic acids is 1. The molecule has 0 saturated carbocycles. The molecule has 17 heavy (non-hydrogen) atoms. The predicted molar refractivity (Wildman–Crippen MR) is 68.6 cm³/mol. The average Bonchev–Trinajstić information content (AvgIpc) is 2.59. The van der Waals surface area contributed by atoms with Gasteiger partial charge in [0, 0.05) is 12.2 Å². The first kappa shape index (κ1) is 13.5. The fraction of sp³-hybridized carbons (Fsp3) is 0.667. The van der Waals surface area contributed by atoms with Crippen LogP contribution < -0.4 is 11.1 Å². The molecule has 0 saturated heterocycles. The van der Waals surface area contributed by atoms with Crippen molar-refractivity contribution in [3.8, 4) is 0 Å². The molecule has 0 aliphatic carbocycles. The van der Waals surface area contributed by atoms with E-state index in [4.69, 9.17) is 5.73 Å². The third-order valence-corrected chi connectivity index (χ3v) is 2.71. The maximum Gasteiger partial charge on any atom is 0.247 e. The number of carbonyl (C=O) groups is 1. The summed E-state index contributed by atoms with van der Waals surface area (Å²) in [7, 11) is 0. The summed E-state index contributed by atoms with van der Waals surface area (Å²) in [6.45, 7) is 9.52. The van der Waals surface area contributed by atoms with Crippen LogP contribution in [-0.4, -0.2) is 21.7 Å². The van der Waals surface area contributed by atoms with Crippen LogP contribution in [-0.2, 0) is 16.8 Å². The molecular formula is C12H22N4O. The van der Waals surface area contributed by atoms with E-state index in [-0.39, 0.29) is 11.9 Å². The second kappa shape index (κ2) is 4.77. The summed E-state index contributed by atoms with van der Waals surface area (Å²) in [5.74, 6) is -0.0577. The van der Waals surface area contributed by atoms with E-state index in [2.05, 4.69) is 10.4 Å². The largest absolute Gasteiger partial charge is 0.396 e. The molecule has 5 nitrogen and oxygen atoms in total. The Kier molecular flexibility index (Phi) is 3.80. The molecule has 0 unspecified atom stereocenters. The third-order valence-electron chi connectivity index (χ3n) is 2.71. The van der Waals surface area contributed by atoms with Crippen LogP contribution in [0.2, 0.25) is 0 Å². The number of hydrogen-bond acceptors (Lipinski definition) is 3. The minimum Gasteiger partial charge on any atom is -0.396 e. The number of hydrogen-bond donors (Lipinski definition) is 2. The van der Waals surface area contributed by atoms with Gasteiger partial charge in [0.05, 0.1) is 11.4 Å². The van der Waals surface area contributed by atoms with Crippen molar-refractivity contribution in [3.05, 3.63) is 11.9 Å². The smallest absolute Gasteiger partial charge is 0.247 e. The summed E-state index contributed by atoms with van der Waals surface area (Å²) in [5.41, 5.74) is 6.57. The Bertz CT molecular complexity index is 407. The molecule has 1 aromatic rings. The normalized spacial score (nSPS) is 11.9. The van der Waals surface area contributed by atoms with Crippen molar-refractivity contribution in [1.29, 1.82) is 0 Å². The number of anilines is 1. The van der Waals surface area contributed by atoms with Crippen molar-refractivity contribution in [2.75, 3.05) is 5.73 Å². The second-order valence-corrected chi connectivity index (χ2v) is 5.02. The molecule has 0 aliphatic heterocycles. The zero-order valence-electron chi connectivity index (χ0n) is 11.2. The van der Waals surface area contributed by atoms with Gasteiger partial charge in [-0.25, -0.2) is 0 Å². The zero-order chi connectivity index (χ0) is 13.2. The molecule has 0 radical (unpaired) electrons. The number of amides is 1. The molecule has 0 aliphatic rings. The van der Waals surface area contributed by atoms with Crippen molar-refractivity contribution in [1.82, 2.24) is 15.1 Å². The van der Waals surface area contributed by atoms with E-state index in [0.29, 0.717) is 5.69 Å². The van der Waals surface area contributed by atoms with Crippen LogP contribution in [0, 0.1) is 0 Å². The quantitative estimate of drug-likeness (QED) is 0.830. The van der Waals surface area contributed by atoms with Crippen LogP contribution in [0.3, 0.4) is 0 Å². The van der Waals surface area contributed by atoms with Gasteiger partial charge < -0.3 is 11.1 Å². The minimum atomic E-state index is -0.730. The van der Waals surface area contributed by atoms with Crippen molar-refractivity contribution in [2.24, 2.45) is 0 Å². The third kappa shape index (κ3) is 2.78. The van der Waals surface area contributed by atoms with Crippen LogP contribution in [0.25, 0.3) is 0 Å². The standard InChI is InChI=1S/C12H22N4O/c1-6-10-9(13)7-16(15-10)12(4,5)11(17)14-8(2)3/h7-8H,6,13H2,1-5H3,(H,14,17). The molecule has 1 aromatic heterocycles. The lowest BCUT2D eigenvalue weighted by molar-refractivity contribution is -0.129. The predicted octanol–water partition coefficient (Wildman–Crippen LogP) is 1.29. The zero-order valence-corrected chi connectivity index (χ0v) is 11.2. The molecule has 0 atom stereocenters. The summed E-state index contributed by atoms with van der Waals surface area (Å²) in [4.78, 5) is 12.1. The van der Waals surface area contributed by atoms with Gasteiger partial charge in [0.1, 0.15) is 5.54 Å². The van der Waals surface area contributed by atoms with E-state index in [1.54, 1.807) is 10.9 Å². The lowest BCUT2D eigenvalue weighted by Crippen LogP contribution is -2.47. The van der Waals surface area contributed by atoms with Crippen molar-refractivity contribution in [2.45, 2.75) is 52.6 Å². The maximum absolute atomic E-state index is 12.1. The van der Waals surface area contributed by atoms with Gasteiger partial charge in [-0.2, -0.15) is 5.10 Å². The topological polar surface area (TPSA) is 72.9 Å². The Morgan fingerprint density at radius 3 is 2.59 bits per heavy atom. The van der Waals surface area contributed by atoms with Gasteiger partial charge >= 0.3 is 0 Å². The number of nitrogen functional groups attached to an aromatic ring is 1. The molecule has 5 heteroatoms. The molecular weight excluding hydrogens is 216 g/mol. The van der Waals surface area contributed by atoms with E-state index in [0.717, 1.165) is 12.1 Å². The van der Waals surface area contributed by atoms with Gasteiger partial charge in [0.2, 0.25) is 5.91 Å². The van der Waals surface area contributed by atoms with E-state index < -0.39 is 5.54 Å². The SMILES string of the molecule is CCc1nn(C(C)(C)C(=O)NC(C)C)cc1N. The van der Waals surface area contributed by atoms with E-state index in [1.165, 1.54) is 0 Å². The lowest BCUT2D eigenvalue weighted by Gasteiger charge is -2.25. The summed E-state index contributed by atoms with van der Waals surface area (Å²) >= 11 is 0. The van der Waals surface area contributed by atoms with E-state index in [9.17, 15) is 4.79 Å². The minimum absolute atomic E-state index is 0.0577. The number of nitrogens with two attached hydrogens (primary N) is 1. The highest BCUT2D eigenvalue weighted by Crippen LogP contribution is 2.19. The molecule has 1 rings (SSSR count). The number of aryl methyl sites for hydroxylation is 1. The van der Waals surface area contributed by atoms with E-state index in [1.807, 2.05) is 34.6 Å². The summed E-state index contributed by atoms with van der Waals surface area (Å²) in [5, 5.41) is 7.25. The van der Waals surface area contributed by atoms with Crippen LogP contribution >= 0.6 is 0 Å². The van der Waals surface area contributed by atoms with Crippen LogP contribution in [0.4, 0.5) is 5.69 Å². The molecule has 0 spiro atoms. The van der Waals surface area contributed by atoms with Gasteiger partial charge in [0.15, 0.2) is 0 Å². The highest BCUT2D eigenvalue weighted by atomic mass is 16.2. The first-order valence-corrected chi connectivity index (χ1v) is 5.94. The Hall–Kier alpha value is -1.52. The average molecular weight is 238 g/mol. The number of aromatic nitrogens is 2. The molecule has 1 heterocycles. The highest BCUT2D eigenvalue weighted by molar-refractivity contribution is 5.83. The van der Waals surface area contributed by atoms with Crippen molar-refractivity contribution >= 4 is 11.6 Å². The van der Waals surface area contributed by atoms with Gasteiger partial charge in [-0.3, -0.25) is 9.48 Å². The van der Waals surface area contributed by atoms with Crippen molar-refractivity contribution < 1.29 is 4.79 Å². The number of nitrogens with one attached hydrogen (secondary N) is 1. The first-order valence-electron chi connectivity index (χ1n) is 5.94. The molecule has 1 amide bonds. The highest BCUT2D eigenvalue weighted by Gasteiger charge is 2.31. The molecule has 0 aromatic carbocycles. The fourth-order valence-electron chi connectivity index (χ4n) is 1.53. The summed E-state index contributed by atoms with van der Waals surface area (Å²) in [6, 6.07) is 0.111. The Labute approximate surface area is 102 Å². The second-order valence-electron chi connectivity index (χ2n) is 5.02. The fourth-order valence-corrected chi connectivity index (χ4v) is 1.53. The van der Waals surface area contributed by atoms with Gasteiger partial charge in [-0.1, -0.05) is 6.92 Å². The van der Waals surface area contributed by atoms with Crippen LogP contribution in [0.1, 0.15) is 40.3 Å².